The van der Waals surface area contributed by atoms with E-state index in [-0.39, 0.29) is 11.3 Å². The van der Waals surface area contributed by atoms with Crippen molar-refractivity contribution in [3.05, 3.63) is 23.5 Å². The van der Waals surface area contributed by atoms with E-state index >= 15 is 0 Å². The molecule has 1 aromatic carbocycles. The average molecular weight is 282 g/mol. The highest BCUT2D eigenvalue weighted by Crippen LogP contribution is 2.33. The summed E-state index contributed by atoms with van der Waals surface area (Å²) in [5.74, 6) is -2.03. The number of rotatable bonds is 4. The second-order valence-electron chi connectivity index (χ2n) is 5.45. The number of benzene rings is 1. The third-order valence-corrected chi connectivity index (χ3v) is 3.86. The van der Waals surface area contributed by atoms with E-state index in [0.29, 0.717) is 25.1 Å². The maximum absolute atomic E-state index is 13.4. The van der Waals surface area contributed by atoms with Crippen LogP contribution in [0, 0.1) is 5.82 Å². The van der Waals surface area contributed by atoms with E-state index < -0.39 is 17.4 Å². The van der Waals surface area contributed by atoms with Crippen molar-refractivity contribution in [3.63, 3.8) is 0 Å². The van der Waals surface area contributed by atoms with Gasteiger partial charge in [0.1, 0.15) is 11.4 Å². The van der Waals surface area contributed by atoms with Gasteiger partial charge in [-0.05, 0) is 25.0 Å². The quantitative estimate of drug-likeness (QED) is 0.734. The van der Waals surface area contributed by atoms with Crippen LogP contribution in [0.3, 0.4) is 0 Å². The first-order valence-electron chi connectivity index (χ1n) is 6.59. The molecule has 0 spiro atoms. The van der Waals surface area contributed by atoms with Crippen LogP contribution in [-0.2, 0) is 0 Å². The van der Waals surface area contributed by atoms with E-state index in [1.165, 1.54) is 6.07 Å². The van der Waals surface area contributed by atoms with Crippen LogP contribution >= 0.6 is 0 Å². The molecule has 0 amide bonds. The zero-order chi connectivity index (χ0) is 14.9. The molecule has 0 atom stereocenters. The number of carbonyl (C=O) groups is 1. The number of nitrogens with two attached hydrogens (primary N) is 1. The number of carboxylic acid groups (broad SMARTS) is 1. The fourth-order valence-electron chi connectivity index (χ4n) is 2.84. The fraction of sp³-hybridized carbons (Fsp3) is 0.500. The van der Waals surface area contributed by atoms with Crippen molar-refractivity contribution in [2.24, 2.45) is 0 Å². The molecule has 1 aliphatic rings. The first-order valence-corrected chi connectivity index (χ1v) is 6.59. The van der Waals surface area contributed by atoms with Crippen molar-refractivity contribution < 1.29 is 19.4 Å². The molecular formula is C14H19FN2O3. The average Bonchev–Trinajstić information content (AvgIpc) is 2.78. The lowest BCUT2D eigenvalue weighted by molar-refractivity contribution is 0.0555. The van der Waals surface area contributed by atoms with E-state index in [9.17, 15) is 19.4 Å². The molecule has 0 aromatic heterocycles. The molecule has 2 rings (SSSR count). The smallest absolute Gasteiger partial charge is 0.340 e. The van der Waals surface area contributed by atoms with Crippen LogP contribution in [0.5, 0.6) is 0 Å². The van der Waals surface area contributed by atoms with Gasteiger partial charge in [0.05, 0.1) is 17.0 Å². The van der Waals surface area contributed by atoms with Gasteiger partial charge in [0.15, 0.2) is 0 Å². The Morgan fingerprint density at radius 3 is 2.60 bits per heavy atom. The molecule has 110 valence electrons. The number of anilines is 2. The van der Waals surface area contributed by atoms with Gasteiger partial charge in [-0.15, -0.1) is 0 Å². The predicted octanol–water partition coefficient (Wildman–Crippen LogP) is 1.85. The molecule has 0 radical (unpaired) electrons. The summed E-state index contributed by atoms with van der Waals surface area (Å²) >= 11 is 0. The minimum absolute atomic E-state index is 0.255. The highest BCUT2D eigenvalue weighted by molar-refractivity contribution is 6.00. The lowest BCUT2D eigenvalue weighted by Crippen LogP contribution is -2.39. The summed E-state index contributed by atoms with van der Waals surface area (Å²) in [5.41, 5.74) is 4.39. The summed E-state index contributed by atoms with van der Waals surface area (Å²) in [6.45, 7) is 0.304. The van der Waals surface area contributed by atoms with Crippen molar-refractivity contribution >= 4 is 17.3 Å². The van der Waals surface area contributed by atoms with Gasteiger partial charge in [-0.3, -0.25) is 0 Å². The monoisotopic (exact) mass is 282 g/mol. The van der Waals surface area contributed by atoms with Gasteiger partial charge in [-0.2, -0.15) is 0 Å². The zero-order valence-electron chi connectivity index (χ0n) is 11.4. The molecule has 1 aliphatic carbocycles. The van der Waals surface area contributed by atoms with Gasteiger partial charge < -0.3 is 20.8 Å². The van der Waals surface area contributed by atoms with Crippen LogP contribution in [0.25, 0.3) is 0 Å². The molecule has 4 N–H and O–H groups in total. The Morgan fingerprint density at radius 2 is 2.05 bits per heavy atom. The van der Waals surface area contributed by atoms with Crippen LogP contribution in [0.4, 0.5) is 15.8 Å². The van der Waals surface area contributed by atoms with Crippen LogP contribution in [0.15, 0.2) is 12.1 Å². The number of nitrogen functional groups attached to an aromatic ring is 1. The molecule has 0 unspecified atom stereocenters. The molecular weight excluding hydrogens is 263 g/mol. The first kappa shape index (κ1) is 14.6. The van der Waals surface area contributed by atoms with Gasteiger partial charge in [0.25, 0.3) is 0 Å². The SMILES string of the molecule is CN(CC1(O)CCCC1)c1ccc(F)c(N)c1C(=O)O. The number of nitrogens with zero attached hydrogens (tertiary/aromatic N) is 1. The summed E-state index contributed by atoms with van der Waals surface area (Å²) in [4.78, 5) is 12.9. The fourth-order valence-corrected chi connectivity index (χ4v) is 2.84. The second-order valence-corrected chi connectivity index (χ2v) is 5.45. The Labute approximate surface area is 116 Å². The Balaban J connectivity index is 2.32. The van der Waals surface area contributed by atoms with Crippen LogP contribution < -0.4 is 10.6 Å². The molecule has 6 heteroatoms. The summed E-state index contributed by atoms with van der Waals surface area (Å²) in [6.07, 6.45) is 3.30. The van der Waals surface area contributed by atoms with Gasteiger partial charge in [0, 0.05) is 13.6 Å². The number of aliphatic hydroxyl groups is 1. The maximum atomic E-state index is 13.4. The normalized spacial score (nSPS) is 17.1. The standard InChI is InChI=1S/C14H19FN2O3/c1-17(8-14(20)6-2-3-7-14)10-5-4-9(15)12(16)11(10)13(18)19/h4-5,20H,2-3,6-8,16H2,1H3,(H,18,19). The third-order valence-electron chi connectivity index (χ3n) is 3.86. The first-order chi connectivity index (χ1) is 9.34. The lowest BCUT2D eigenvalue weighted by atomic mass is 10.0. The highest BCUT2D eigenvalue weighted by atomic mass is 19.1. The number of halogens is 1. The highest BCUT2D eigenvalue weighted by Gasteiger charge is 2.33. The van der Waals surface area contributed by atoms with Crippen molar-refractivity contribution in [3.8, 4) is 0 Å². The van der Waals surface area contributed by atoms with E-state index in [1.54, 1.807) is 11.9 Å². The Bertz CT molecular complexity index is 527. The van der Waals surface area contributed by atoms with Gasteiger partial charge in [0.2, 0.25) is 0 Å². The minimum Gasteiger partial charge on any atom is -0.478 e. The van der Waals surface area contributed by atoms with Gasteiger partial charge in [-0.1, -0.05) is 12.8 Å². The van der Waals surface area contributed by atoms with Crippen molar-refractivity contribution in [1.29, 1.82) is 0 Å². The lowest BCUT2D eigenvalue weighted by Gasteiger charge is -2.31. The Morgan fingerprint density at radius 1 is 1.45 bits per heavy atom. The molecule has 0 saturated heterocycles. The molecule has 0 aliphatic heterocycles. The zero-order valence-corrected chi connectivity index (χ0v) is 11.4. The number of aromatic carboxylic acids is 1. The minimum atomic E-state index is -1.28. The predicted molar refractivity (Wildman–Crippen MR) is 74.5 cm³/mol. The van der Waals surface area contributed by atoms with E-state index in [2.05, 4.69) is 0 Å². The molecule has 1 saturated carbocycles. The molecule has 1 aromatic rings. The Kier molecular flexibility index (Phi) is 3.85. The maximum Gasteiger partial charge on any atom is 0.340 e. The second kappa shape index (κ2) is 5.28. The largest absolute Gasteiger partial charge is 0.478 e. The number of likely N-dealkylation sites (N-methyl/N-ethyl adjacent to an activating group) is 1. The summed E-state index contributed by atoms with van der Waals surface area (Å²) in [7, 11) is 1.68. The number of hydrogen-bond acceptors (Lipinski definition) is 4. The molecule has 0 heterocycles. The van der Waals surface area contributed by atoms with E-state index in [1.807, 2.05) is 0 Å². The van der Waals surface area contributed by atoms with Gasteiger partial charge >= 0.3 is 5.97 Å². The van der Waals surface area contributed by atoms with Crippen LogP contribution in [-0.4, -0.2) is 35.4 Å². The number of hydrogen-bond donors (Lipinski definition) is 3. The molecule has 5 nitrogen and oxygen atoms in total. The number of carboxylic acids is 1. The molecule has 20 heavy (non-hydrogen) atoms. The molecule has 1 fully saturated rings. The topological polar surface area (TPSA) is 86.8 Å². The van der Waals surface area contributed by atoms with E-state index in [4.69, 9.17) is 5.73 Å². The summed E-state index contributed by atoms with van der Waals surface area (Å²) in [5, 5.41) is 19.6. The van der Waals surface area contributed by atoms with E-state index in [0.717, 1.165) is 18.9 Å². The third kappa shape index (κ3) is 2.70. The Hall–Kier alpha value is -1.82. The molecule has 0 bridgehead atoms. The summed E-state index contributed by atoms with van der Waals surface area (Å²) < 4.78 is 13.4. The van der Waals surface area contributed by atoms with Crippen LogP contribution in [0.2, 0.25) is 0 Å². The van der Waals surface area contributed by atoms with Crippen molar-refractivity contribution in [2.75, 3.05) is 24.2 Å². The van der Waals surface area contributed by atoms with Crippen molar-refractivity contribution in [1.82, 2.24) is 0 Å². The van der Waals surface area contributed by atoms with Crippen LogP contribution in [0.1, 0.15) is 36.0 Å². The van der Waals surface area contributed by atoms with Gasteiger partial charge in [-0.25, -0.2) is 9.18 Å². The van der Waals surface area contributed by atoms with Crippen molar-refractivity contribution in [2.45, 2.75) is 31.3 Å². The summed E-state index contributed by atoms with van der Waals surface area (Å²) in [6, 6.07) is 2.53.